The molecule has 0 atom stereocenters. The average molecular weight is 282 g/mol. The van der Waals surface area contributed by atoms with Crippen molar-refractivity contribution in [3.05, 3.63) is 29.6 Å². The van der Waals surface area contributed by atoms with Crippen LogP contribution in [0, 0.1) is 17.1 Å². The largest absolute Gasteiger partial charge is 0.402 e. The van der Waals surface area contributed by atoms with E-state index in [-0.39, 0.29) is 0 Å². The molecule has 0 saturated carbocycles. The zero-order chi connectivity index (χ0) is 14.0. The zero-order valence-electron chi connectivity index (χ0n) is 8.62. The van der Waals surface area contributed by atoms with E-state index in [4.69, 9.17) is 5.26 Å². The number of benzene rings is 1. The maximum absolute atomic E-state index is 12.9. The third kappa shape index (κ3) is 3.68. The lowest BCUT2D eigenvalue weighted by atomic mass is 10.2. The number of nitriles is 1. The molecule has 0 bridgehead atoms. The summed E-state index contributed by atoms with van der Waals surface area (Å²) in [5, 5.41) is 8.48. The first-order valence-electron chi connectivity index (χ1n) is 4.42. The number of hydrogen-bond acceptors (Lipinski definition) is 3. The fourth-order valence-electron chi connectivity index (χ4n) is 1.02. The number of alkyl halides is 3. The maximum Gasteiger partial charge on any atom is 0.402 e. The van der Waals surface area contributed by atoms with Gasteiger partial charge in [0.2, 0.25) is 10.0 Å². The molecule has 9 heteroatoms. The Morgan fingerprint density at radius 3 is 2.44 bits per heavy atom. The van der Waals surface area contributed by atoms with E-state index >= 15 is 0 Å². The Balaban J connectivity index is 3.03. The summed E-state index contributed by atoms with van der Waals surface area (Å²) in [6.45, 7) is -1.74. The molecule has 0 saturated heterocycles. The SMILES string of the molecule is N#Cc1cc(S(=O)(=O)NCC(F)(F)F)ccc1F. The van der Waals surface area contributed by atoms with Crippen LogP contribution in [0.1, 0.15) is 5.56 Å². The van der Waals surface area contributed by atoms with Gasteiger partial charge in [0, 0.05) is 0 Å². The van der Waals surface area contributed by atoms with Crippen molar-refractivity contribution in [3.63, 3.8) is 0 Å². The second kappa shape index (κ2) is 4.91. The molecular weight excluding hydrogens is 276 g/mol. The lowest BCUT2D eigenvalue weighted by molar-refractivity contribution is -0.121. The van der Waals surface area contributed by atoms with Crippen molar-refractivity contribution in [1.29, 1.82) is 5.26 Å². The lowest BCUT2D eigenvalue weighted by Gasteiger charge is -2.09. The van der Waals surface area contributed by atoms with Gasteiger partial charge in [0.25, 0.3) is 0 Å². The highest BCUT2D eigenvalue weighted by Gasteiger charge is 2.30. The van der Waals surface area contributed by atoms with Gasteiger partial charge < -0.3 is 0 Å². The van der Waals surface area contributed by atoms with Crippen LogP contribution in [0.4, 0.5) is 17.6 Å². The van der Waals surface area contributed by atoms with Gasteiger partial charge in [-0.2, -0.15) is 18.4 Å². The molecule has 4 nitrogen and oxygen atoms in total. The Morgan fingerprint density at radius 1 is 1.33 bits per heavy atom. The van der Waals surface area contributed by atoms with Gasteiger partial charge in [-0.3, -0.25) is 0 Å². The fraction of sp³-hybridized carbons (Fsp3) is 0.222. The van der Waals surface area contributed by atoms with Crippen LogP contribution in [0.3, 0.4) is 0 Å². The molecule has 98 valence electrons. The van der Waals surface area contributed by atoms with E-state index in [1.165, 1.54) is 10.8 Å². The quantitative estimate of drug-likeness (QED) is 0.855. The third-order valence-corrected chi connectivity index (χ3v) is 3.23. The molecule has 0 fully saturated rings. The number of nitrogens with zero attached hydrogens (tertiary/aromatic N) is 1. The predicted octanol–water partition coefficient (Wildman–Crippen LogP) is 1.54. The monoisotopic (exact) mass is 282 g/mol. The summed E-state index contributed by atoms with van der Waals surface area (Å²) in [5.41, 5.74) is -0.565. The van der Waals surface area contributed by atoms with Crippen LogP contribution in [0.15, 0.2) is 23.1 Å². The summed E-state index contributed by atoms with van der Waals surface area (Å²) in [5.74, 6) is -0.952. The van der Waals surface area contributed by atoms with Crippen LogP contribution in [-0.2, 0) is 10.0 Å². The molecule has 0 aromatic heterocycles. The second-order valence-corrected chi connectivity index (χ2v) is 4.96. The molecule has 0 amide bonds. The Kier molecular flexibility index (Phi) is 3.93. The summed E-state index contributed by atoms with van der Waals surface area (Å²) in [6.07, 6.45) is -4.70. The first kappa shape index (κ1) is 14.4. The standard InChI is InChI=1S/C9H6F4N2O2S/c10-8-2-1-7(3-6(8)4-14)18(16,17)15-5-9(11,12)13/h1-3,15H,5H2. The highest BCUT2D eigenvalue weighted by atomic mass is 32.2. The molecule has 0 heterocycles. The Hall–Kier alpha value is -1.66. The number of sulfonamides is 1. The normalized spacial score (nSPS) is 12.2. The van der Waals surface area contributed by atoms with Gasteiger partial charge in [0.15, 0.2) is 0 Å². The van der Waals surface area contributed by atoms with Crippen molar-refractivity contribution in [3.8, 4) is 6.07 Å². The lowest BCUT2D eigenvalue weighted by Crippen LogP contribution is -2.33. The van der Waals surface area contributed by atoms with Crippen molar-refractivity contribution in [1.82, 2.24) is 4.72 Å². The number of rotatable bonds is 3. The van der Waals surface area contributed by atoms with E-state index in [0.29, 0.717) is 12.1 Å². The molecule has 0 radical (unpaired) electrons. The van der Waals surface area contributed by atoms with Crippen molar-refractivity contribution in [2.45, 2.75) is 11.1 Å². The molecular formula is C9H6F4N2O2S. The van der Waals surface area contributed by atoms with E-state index in [0.717, 1.165) is 6.07 Å². The molecule has 0 aliphatic heterocycles. The first-order valence-corrected chi connectivity index (χ1v) is 5.90. The molecule has 1 aromatic rings. The molecule has 1 rings (SSSR count). The van der Waals surface area contributed by atoms with Gasteiger partial charge in [-0.05, 0) is 18.2 Å². The van der Waals surface area contributed by atoms with E-state index in [2.05, 4.69) is 0 Å². The number of nitrogens with one attached hydrogen (secondary N) is 1. The van der Waals surface area contributed by atoms with Crippen LogP contribution in [0.25, 0.3) is 0 Å². The topological polar surface area (TPSA) is 70.0 Å². The van der Waals surface area contributed by atoms with Crippen LogP contribution in [0.5, 0.6) is 0 Å². The Labute approximate surface area is 99.9 Å². The number of halogens is 4. The summed E-state index contributed by atoms with van der Waals surface area (Å²) in [6, 6.07) is 3.52. The minimum Gasteiger partial charge on any atom is -0.207 e. The van der Waals surface area contributed by atoms with Crippen molar-refractivity contribution in [2.24, 2.45) is 0 Å². The minimum absolute atomic E-state index is 0.565. The average Bonchev–Trinajstić information content (AvgIpc) is 2.26. The molecule has 0 aliphatic carbocycles. The van der Waals surface area contributed by atoms with E-state index in [1.54, 1.807) is 0 Å². The maximum atomic E-state index is 12.9. The van der Waals surface area contributed by atoms with Gasteiger partial charge in [-0.1, -0.05) is 0 Å². The highest BCUT2D eigenvalue weighted by Crippen LogP contribution is 2.17. The molecule has 18 heavy (non-hydrogen) atoms. The predicted molar refractivity (Wildman–Crippen MR) is 52.4 cm³/mol. The smallest absolute Gasteiger partial charge is 0.207 e. The van der Waals surface area contributed by atoms with Crippen LogP contribution in [-0.4, -0.2) is 21.1 Å². The minimum atomic E-state index is -4.70. The van der Waals surface area contributed by atoms with E-state index < -0.39 is 39.0 Å². The van der Waals surface area contributed by atoms with Crippen LogP contribution in [0.2, 0.25) is 0 Å². The molecule has 0 aliphatic rings. The van der Waals surface area contributed by atoms with Gasteiger partial charge in [-0.25, -0.2) is 17.5 Å². The summed E-state index contributed by atoms with van der Waals surface area (Å²) >= 11 is 0. The van der Waals surface area contributed by atoms with Crippen molar-refractivity contribution >= 4 is 10.0 Å². The first-order chi connectivity index (χ1) is 8.15. The molecule has 1 N–H and O–H groups in total. The van der Waals surface area contributed by atoms with Gasteiger partial charge in [0.05, 0.1) is 10.5 Å². The van der Waals surface area contributed by atoms with Crippen molar-refractivity contribution in [2.75, 3.05) is 6.54 Å². The summed E-state index contributed by atoms with van der Waals surface area (Å²) in [4.78, 5) is -0.607. The van der Waals surface area contributed by atoms with Gasteiger partial charge in [0.1, 0.15) is 18.4 Å². The second-order valence-electron chi connectivity index (χ2n) is 3.19. The van der Waals surface area contributed by atoms with Crippen LogP contribution < -0.4 is 4.72 Å². The fourth-order valence-corrected chi connectivity index (χ4v) is 2.06. The van der Waals surface area contributed by atoms with Crippen LogP contribution >= 0.6 is 0 Å². The van der Waals surface area contributed by atoms with E-state index in [9.17, 15) is 26.0 Å². The summed E-state index contributed by atoms with van der Waals surface area (Å²) < 4.78 is 72.7. The van der Waals surface area contributed by atoms with E-state index in [1.807, 2.05) is 0 Å². The Bertz CT molecular complexity index is 590. The molecule has 0 spiro atoms. The van der Waals surface area contributed by atoms with Gasteiger partial charge >= 0.3 is 6.18 Å². The number of hydrogen-bond donors (Lipinski definition) is 1. The van der Waals surface area contributed by atoms with Crippen molar-refractivity contribution < 1.29 is 26.0 Å². The highest BCUT2D eigenvalue weighted by molar-refractivity contribution is 7.89. The Morgan fingerprint density at radius 2 is 1.94 bits per heavy atom. The third-order valence-electron chi connectivity index (χ3n) is 1.83. The van der Waals surface area contributed by atoms with Gasteiger partial charge in [-0.15, -0.1) is 0 Å². The summed E-state index contributed by atoms with van der Waals surface area (Å²) in [7, 11) is -4.43. The molecule has 1 aromatic carbocycles. The molecule has 0 unspecified atom stereocenters. The zero-order valence-corrected chi connectivity index (χ0v) is 9.44.